The standard InChI is InChI=1S/C5H10Se2/c1-4-5(6-2)7-3/h4H,1-3H3. The summed E-state index contributed by atoms with van der Waals surface area (Å²) in [6.07, 6.45) is 2.25. The van der Waals surface area contributed by atoms with Crippen LogP contribution >= 0.6 is 0 Å². The Kier molecular flexibility index (Phi) is 5.47. The van der Waals surface area contributed by atoms with Crippen molar-refractivity contribution in [2.45, 2.75) is 18.6 Å². The van der Waals surface area contributed by atoms with Crippen molar-refractivity contribution in [1.82, 2.24) is 0 Å². The van der Waals surface area contributed by atoms with Gasteiger partial charge in [-0.2, -0.15) is 0 Å². The van der Waals surface area contributed by atoms with Crippen molar-refractivity contribution in [3.05, 3.63) is 9.45 Å². The van der Waals surface area contributed by atoms with Crippen molar-refractivity contribution in [2.24, 2.45) is 0 Å². The van der Waals surface area contributed by atoms with E-state index >= 15 is 0 Å². The number of hydrogen-bond donors (Lipinski definition) is 0. The van der Waals surface area contributed by atoms with Gasteiger partial charge < -0.3 is 0 Å². The SMILES string of the molecule is CC=C([Se]C)[Se]C. The first-order chi connectivity index (χ1) is 3.35. The molecule has 0 saturated heterocycles. The van der Waals surface area contributed by atoms with Gasteiger partial charge >= 0.3 is 57.9 Å². The fourth-order valence-electron chi connectivity index (χ4n) is 0.319. The molecule has 0 aromatic carbocycles. The van der Waals surface area contributed by atoms with Crippen LogP contribution in [0.3, 0.4) is 0 Å². The average molecular weight is 228 g/mol. The zero-order valence-corrected chi connectivity index (χ0v) is 8.32. The van der Waals surface area contributed by atoms with Crippen LogP contribution in [-0.4, -0.2) is 29.9 Å². The Morgan fingerprint density at radius 3 is 1.71 bits per heavy atom. The van der Waals surface area contributed by atoms with Crippen LogP contribution in [0.1, 0.15) is 6.92 Å². The summed E-state index contributed by atoms with van der Waals surface area (Å²) in [5, 5.41) is 0. The van der Waals surface area contributed by atoms with Crippen LogP contribution in [0.2, 0.25) is 11.6 Å². The second kappa shape index (κ2) is 4.93. The van der Waals surface area contributed by atoms with E-state index in [1.54, 1.807) is 3.37 Å². The molecule has 0 spiro atoms. The topological polar surface area (TPSA) is 0 Å². The van der Waals surface area contributed by atoms with Crippen LogP contribution in [0.25, 0.3) is 0 Å². The Bertz CT molecular complexity index is 60.5. The van der Waals surface area contributed by atoms with Gasteiger partial charge in [0.25, 0.3) is 0 Å². The summed E-state index contributed by atoms with van der Waals surface area (Å²) < 4.78 is 1.68. The van der Waals surface area contributed by atoms with E-state index in [4.69, 9.17) is 0 Å². The average Bonchev–Trinajstić information content (AvgIpc) is 1.72. The molecule has 7 heavy (non-hydrogen) atoms. The van der Waals surface area contributed by atoms with Gasteiger partial charge in [-0.3, -0.25) is 0 Å². The van der Waals surface area contributed by atoms with Crippen LogP contribution in [0, 0.1) is 0 Å². The third-order valence-electron chi connectivity index (χ3n) is 0.638. The molecular weight excluding hydrogens is 218 g/mol. The Morgan fingerprint density at radius 2 is 1.71 bits per heavy atom. The summed E-state index contributed by atoms with van der Waals surface area (Å²) in [5.41, 5.74) is 0. The first kappa shape index (κ1) is 7.78. The molecule has 0 fully saturated rings. The maximum atomic E-state index is 2.27. The minimum absolute atomic E-state index is 0.781. The molecule has 0 heterocycles. The van der Waals surface area contributed by atoms with E-state index in [0.29, 0.717) is 0 Å². The fraction of sp³-hybridized carbons (Fsp3) is 0.600. The predicted molar refractivity (Wildman–Crippen MR) is 37.0 cm³/mol. The van der Waals surface area contributed by atoms with Crippen LogP contribution in [-0.2, 0) is 0 Å². The van der Waals surface area contributed by atoms with Crippen LogP contribution in [0.4, 0.5) is 0 Å². The molecule has 0 radical (unpaired) electrons. The van der Waals surface area contributed by atoms with Gasteiger partial charge in [-0.05, 0) is 0 Å². The summed E-state index contributed by atoms with van der Waals surface area (Å²) >= 11 is 1.56. The third kappa shape index (κ3) is 3.37. The zero-order chi connectivity index (χ0) is 5.70. The van der Waals surface area contributed by atoms with Gasteiger partial charge in [-0.15, -0.1) is 0 Å². The Morgan fingerprint density at radius 1 is 1.29 bits per heavy atom. The van der Waals surface area contributed by atoms with Gasteiger partial charge in [-0.25, -0.2) is 0 Å². The molecule has 0 bridgehead atoms. The van der Waals surface area contributed by atoms with Crippen molar-refractivity contribution < 1.29 is 0 Å². The maximum absolute atomic E-state index is 2.27. The molecule has 0 unspecified atom stereocenters. The van der Waals surface area contributed by atoms with Crippen molar-refractivity contribution >= 4 is 29.9 Å². The van der Waals surface area contributed by atoms with Crippen LogP contribution < -0.4 is 0 Å². The van der Waals surface area contributed by atoms with Crippen molar-refractivity contribution in [3.8, 4) is 0 Å². The molecule has 0 rings (SSSR count). The third-order valence-corrected chi connectivity index (χ3v) is 6.95. The number of rotatable bonds is 2. The molecule has 42 valence electrons. The Hall–Kier alpha value is 0.779. The van der Waals surface area contributed by atoms with Gasteiger partial charge in [-0.1, -0.05) is 0 Å². The van der Waals surface area contributed by atoms with Gasteiger partial charge in [0.1, 0.15) is 0 Å². The normalized spacial score (nSPS) is 8.43. The van der Waals surface area contributed by atoms with E-state index < -0.39 is 0 Å². The van der Waals surface area contributed by atoms with E-state index in [2.05, 4.69) is 24.6 Å². The quantitative estimate of drug-likeness (QED) is 0.626. The molecule has 0 atom stereocenters. The molecule has 2 heteroatoms. The first-order valence-electron chi connectivity index (χ1n) is 2.09. The molecule has 0 aliphatic heterocycles. The van der Waals surface area contributed by atoms with E-state index in [1.807, 2.05) is 0 Å². The van der Waals surface area contributed by atoms with Gasteiger partial charge in [0.15, 0.2) is 0 Å². The zero-order valence-electron chi connectivity index (χ0n) is 4.89. The molecule has 0 amide bonds. The van der Waals surface area contributed by atoms with Gasteiger partial charge in [0.2, 0.25) is 0 Å². The van der Waals surface area contributed by atoms with Crippen molar-refractivity contribution in [3.63, 3.8) is 0 Å². The molecule has 0 aliphatic carbocycles. The number of allylic oxidation sites excluding steroid dienone is 1. The van der Waals surface area contributed by atoms with Gasteiger partial charge in [0, 0.05) is 0 Å². The molecule has 0 aliphatic rings. The summed E-state index contributed by atoms with van der Waals surface area (Å²) in [7, 11) is 0. The minimum atomic E-state index is 0.781. The summed E-state index contributed by atoms with van der Waals surface area (Å²) in [6, 6.07) is 0. The molecule has 0 nitrogen and oxygen atoms in total. The summed E-state index contributed by atoms with van der Waals surface area (Å²) in [5.74, 6) is 4.54. The van der Waals surface area contributed by atoms with Gasteiger partial charge in [0.05, 0.1) is 0 Å². The summed E-state index contributed by atoms with van der Waals surface area (Å²) in [6.45, 7) is 2.13. The second-order valence-electron chi connectivity index (χ2n) is 1.02. The van der Waals surface area contributed by atoms with Crippen LogP contribution in [0.15, 0.2) is 9.45 Å². The van der Waals surface area contributed by atoms with E-state index in [0.717, 1.165) is 29.9 Å². The van der Waals surface area contributed by atoms with Crippen molar-refractivity contribution in [1.29, 1.82) is 0 Å². The Labute approximate surface area is 58.1 Å². The first-order valence-corrected chi connectivity index (χ1v) is 7.23. The van der Waals surface area contributed by atoms with Crippen molar-refractivity contribution in [2.75, 3.05) is 0 Å². The van der Waals surface area contributed by atoms with E-state index in [9.17, 15) is 0 Å². The number of hydrogen-bond acceptors (Lipinski definition) is 0. The second-order valence-corrected chi connectivity index (χ2v) is 5.88. The monoisotopic (exact) mass is 230 g/mol. The van der Waals surface area contributed by atoms with Crippen LogP contribution in [0.5, 0.6) is 0 Å². The summed E-state index contributed by atoms with van der Waals surface area (Å²) in [4.78, 5) is 0. The molecule has 0 saturated carbocycles. The predicted octanol–water partition coefficient (Wildman–Crippen LogP) is 1.35. The molecule has 0 aromatic heterocycles. The molecule has 0 N–H and O–H groups in total. The van der Waals surface area contributed by atoms with E-state index in [-0.39, 0.29) is 0 Å². The Balaban J connectivity index is 3.38. The molecule has 0 aromatic rings. The fourth-order valence-corrected chi connectivity index (χ4v) is 3.47. The molecular formula is C5H10Se2. The van der Waals surface area contributed by atoms with E-state index in [1.165, 1.54) is 0 Å².